The lowest BCUT2D eigenvalue weighted by atomic mass is 10.1. The van der Waals surface area contributed by atoms with Crippen molar-refractivity contribution < 1.29 is 14.3 Å². The molecular weight excluding hydrogens is 360 g/mol. The molecule has 0 fully saturated rings. The molecule has 1 aromatic carbocycles. The van der Waals surface area contributed by atoms with Gasteiger partial charge < -0.3 is 21.1 Å². The Morgan fingerprint density at radius 3 is 2.82 bits per heavy atom. The number of aryl methyl sites for hydroxylation is 1. The lowest BCUT2D eigenvalue weighted by Gasteiger charge is -2.11. The molecular formula is C19H22N6O3. The third-order valence-corrected chi connectivity index (χ3v) is 4.18. The fraction of sp³-hybridized carbons (Fsp3) is 0.263. The van der Waals surface area contributed by atoms with Gasteiger partial charge in [-0.05, 0) is 43.3 Å². The van der Waals surface area contributed by atoms with E-state index in [0.717, 1.165) is 0 Å². The van der Waals surface area contributed by atoms with Crippen LogP contribution in [0.4, 0.5) is 5.69 Å². The smallest absolute Gasteiger partial charge is 0.276 e. The van der Waals surface area contributed by atoms with E-state index in [0.29, 0.717) is 47.5 Å². The first kappa shape index (κ1) is 19.3. The second-order valence-electron chi connectivity index (χ2n) is 6.11. The molecule has 2 heterocycles. The fourth-order valence-corrected chi connectivity index (χ4v) is 2.81. The first-order valence-corrected chi connectivity index (χ1v) is 8.80. The van der Waals surface area contributed by atoms with Gasteiger partial charge in [-0.1, -0.05) is 0 Å². The van der Waals surface area contributed by atoms with Gasteiger partial charge >= 0.3 is 0 Å². The Hall–Kier alpha value is -3.46. The van der Waals surface area contributed by atoms with Crippen molar-refractivity contribution >= 4 is 28.5 Å². The van der Waals surface area contributed by atoms with Crippen LogP contribution in [-0.2, 0) is 7.05 Å². The van der Waals surface area contributed by atoms with E-state index in [-0.39, 0.29) is 11.6 Å². The molecule has 0 bridgehead atoms. The van der Waals surface area contributed by atoms with Crippen LogP contribution in [0.25, 0.3) is 11.0 Å². The van der Waals surface area contributed by atoms with E-state index in [1.54, 1.807) is 48.3 Å². The van der Waals surface area contributed by atoms with Gasteiger partial charge in [-0.2, -0.15) is 5.10 Å². The third kappa shape index (κ3) is 3.94. The fourth-order valence-electron chi connectivity index (χ4n) is 2.81. The lowest BCUT2D eigenvalue weighted by molar-refractivity contribution is 0.0949. The van der Waals surface area contributed by atoms with E-state index in [2.05, 4.69) is 20.7 Å². The summed E-state index contributed by atoms with van der Waals surface area (Å²) in [6.07, 6.45) is 2.32. The zero-order valence-electron chi connectivity index (χ0n) is 15.7. The van der Waals surface area contributed by atoms with Crippen LogP contribution in [0.1, 0.15) is 27.3 Å². The number of amides is 2. The summed E-state index contributed by atoms with van der Waals surface area (Å²) < 4.78 is 6.81. The quantitative estimate of drug-likeness (QED) is 0.529. The predicted molar refractivity (Wildman–Crippen MR) is 105 cm³/mol. The highest BCUT2D eigenvalue weighted by atomic mass is 16.5. The van der Waals surface area contributed by atoms with Crippen molar-refractivity contribution in [3.63, 3.8) is 0 Å². The van der Waals surface area contributed by atoms with E-state index in [9.17, 15) is 9.59 Å². The molecule has 2 amide bonds. The SMILES string of the molecule is COc1ccc(NC(=O)c2nn(C)c3ncccc23)cc1C(=O)NCCCN. The Morgan fingerprint density at radius 2 is 2.07 bits per heavy atom. The highest BCUT2D eigenvalue weighted by Gasteiger charge is 2.18. The number of carbonyl (C=O) groups excluding carboxylic acids is 2. The summed E-state index contributed by atoms with van der Waals surface area (Å²) in [6.45, 7) is 0.947. The Bertz CT molecular complexity index is 1010. The van der Waals surface area contributed by atoms with Crippen LogP contribution in [0.3, 0.4) is 0 Å². The molecule has 0 aliphatic carbocycles. The van der Waals surface area contributed by atoms with Crippen LogP contribution in [-0.4, -0.2) is 46.8 Å². The minimum atomic E-state index is -0.391. The second-order valence-corrected chi connectivity index (χ2v) is 6.11. The van der Waals surface area contributed by atoms with E-state index < -0.39 is 5.91 Å². The number of methoxy groups -OCH3 is 1. The summed E-state index contributed by atoms with van der Waals surface area (Å²) in [5.41, 5.74) is 7.10. The van der Waals surface area contributed by atoms with Crippen molar-refractivity contribution in [2.24, 2.45) is 12.8 Å². The summed E-state index contributed by atoms with van der Waals surface area (Å²) in [6, 6.07) is 8.40. The van der Waals surface area contributed by atoms with Crippen LogP contribution in [0.2, 0.25) is 0 Å². The summed E-state index contributed by atoms with van der Waals surface area (Å²) in [5.74, 6) is -0.275. The number of nitrogens with zero attached hydrogens (tertiary/aromatic N) is 3. The largest absolute Gasteiger partial charge is 0.496 e. The first-order chi connectivity index (χ1) is 13.5. The normalized spacial score (nSPS) is 10.7. The molecule has 0 aliphatic rings. The molecule has 4 N–H and O–H groups in total. The van der Waals surface area contributed by atoms with Gasteiger partial charge in [0.2, 0.25) is 0 Å². The third-order valence-electron chi connectivity index (χ3n) is 4.18. The molecule has 146 valence electrons. The van der Waals surface area contributed by atoms with Gasteiger partial charge in [0.25, 0.3) is 11.8 Å². The number of benzene rings is 1. The summed E-state index contributed by atoms with van der Waals surface area (Å²) in [5, 5.41) is 10.5. The molecule has 3 rings (SSSR count). The van der Waals surface area contributed by atoms with Gasteiger partial charge in [0, 0.05) is 25.5 Å². The molecule has 0 saturated heterocycles. The Morgan fingerprint density at radius 1 is 1.25 bits per heavy atom. The number of rotatable bonds is 7. The summed E-state index contributed by atoms with van der Waals surface area (Å²) in [4.78, 5) is 29.4. The number of nitrogens with two attached hydrogens (primary N) is 1. The molecule has 0 unspecified atom stereocenters. The predicted octanol–water partition coefficient (Wildman–Crippen LogP) is 1.31. The summed E-state index contributed by atoms with van der Waals surface area (Å²) >= 11 is 0. The van der Waals surface area contributed by atoms with Crippen molar-refractivity contribution in [3.05, 3.63) is 47.8 Å². The zero-order valence-corrected chi connectivity index (χ0v) is 15.7. The molecule has 0 spiro atoms. The molecule has 2 aromatic heterocycles. The molecule has 0 aliphatic heterocycles. The topological polar surface area (TPSA) is 124 Å². The number of carbonyl (C=O) groups is 2. The van der Waals surface area contributed by atoms with Crippen LogP contribution in [0, 0.1) is 0 Å². The van der Waals surface area contributed by atoms with Crippen LogP contribution in [0.15, 0.2) is 36.5 Å². The van der Waals surface area contributed by atoms with Gasteiger partial charge in [-0.3, -0.25) is 9.59 Å². The Labute approximate surface area is 161 Å². The number of fused-ring (bicyclic) bond motifs is 1. The standard InChI is InChI=1S/C19H22N6O3/c1-25-17-13(5-3-9-21-17)16(24-25)19(27)23-12-6-7-15(28-2)14(11-12)18(26)22-10-4-8-20/h3,5-7,9,11H,4,8,10,20H2,1-2H3,(H,22,26)(H,23,27). The van der Waals surface area contributed by atoms with E-state index in [1.165, 1.54) is 7.11 Å². The van der Waals surface area contributed by atoms with Gasteiger partial charge in [0.05, 0.1) is 18.1 Å². The molecule has 9 nitrogen and oxygen atoms in total. The maximum absolute atomic E-state index is 12.7. The van der Waals surface area contributed by atoms with Gasteiger partial charge in [0.1, 0.15) is 5.75 Å². The van der Waals surface area contributed by atoms with Gasteiger partial charge in [-0.15, -0.1) is 0 Å². The van der Waals surface area contributed by atoms with E-state index in [4.69, 9.17) is 10.5 Å². The highest BCUT2D eigenvalue weighted by Crippen LogP contribution is 2.24. The summed E-state index contributed by atoms with van der Waals surface area (Å²) in [7, 11) is 3.21. The first-order valence-electron chi connectivity index (χ1n) is 8.80. The average Bonchev–Trinajstić information content (AvgIpc) is 3.05. The van der Waals surface area contributed by atoms with Crippen LogP contribution < -0.4 is 21.1 Å². The van der Waals surface area contributed by atoms with Crippen molar-refractivity contribution in [1.29, 1.82) is 0 Å². The number of nitrogens with one attached hydrogen (secondary N) is 2. The van der Waals surface area contributed by atoms with Crippen molar-refractivity contribution in [2.75, 3.05) is 25.5 Å². The zero-order chi connectivity index (χ0) is 20.1. The number of hydrogen-bond donors (Lipinski definition) is 3. The van der Waals surface area contributed by atoms with Crippen molar-refractivity contribution in [1.82, 2.24) is 20.1 Å². The Balaban J connectivity index is 1.84. The molecule has 28 heavy (non-hydrogen) atoms. The van der Waals surface area contributed by atoms with Gasteiger partial charge in [0.15, 0.2) is 11.3 Å². The van der Waals surface area contributed by atoms with Gasteiger partial charge in [-0.25, -0.2) is 9.67 Å². The monoisotopic (exact) mass is 382 g/mol. The average molecular weight is 382 g/mol. The number of anilines is 1. The lowest BCUT2D eigenvalue weighted by Crippen LogP contribution is -2.26. The van der Waals surface area contributed by atoms with E-state index >= 15 is 0 Å². The minimum absolute atomic E-state index is 0.260. The number of aromatic nitrogens is 3. The number of pyridine rings is 1. The number of hydrogen-bond acceptors (Lipinski definition) is 6. The molecule has 9 heteroatoms. The van der Waals surface area contributed by atoms with Crippen LogP contribution >= 0.6 is 0 Å². The van der Waals surface area contributed by atoms with Crippen molar-refractivity contribution in [3.8, 4) is 5.75 Å². The molecule has 3 aromatic rings. The minimum Gasteiger partial charge on any atom is -0.496 e. The van der Waals surface area contributed by atoms with Crippen LogP contribution in [0.5, 0.6) is 5.75 Å². The molecule has 0 atom stereocenters. The second kappa shape index (κ2) is 8.49. The highest BCUT2D eigenvalue weighted by molar-refractivity contribution is 6.11. The van der Waals surface area contributed by atoms with E-state index in [1.807, 2.05) is 0 Å². The molecule has 0 radical (unpaired) electrons. The van der Waals surface area contributed by atoms with Crippen molar-refractivity contribution in [2.45, 2.75) is 6.42 Å². The maximum Gasteiger partial charge on any atom is 0.276 e. The maximum atomic E-state index is 12.7. The Kier molecular flexibility index (Phi) is 5.85. The number of ether oxygens (including phenoxy) is 1. The molecule has 0 saturated carbocycles.